The van der Waals surface area contributed by atoms with E-state index in [1.807, 2.05) is 78.6 Å². The summed E-state index contributed by atoms with van der Waals surface area (Å²) in [7, 11) is 0. The number of hydrogen-bond donors (Lipinski definition) is 1. The van der Waals surface area contributed by atoms with Gasteiger partial charge < -0.3 is 19.9 Å². The minimum Gasteiger partial charge on any atom is -0.484 e. The minimum absolute atomic E-state index is 0.0291. The van der Waals surface area contributed by atoms with Gasteiger partial charge in [-0.2, -0.15) is 0 Å². The molecule has 3 aromatic rings. The van der Waals surface area contributed by atoms with E-state index >= 15 is 0 Å². The Balaban J connectivity index is 1.37. The average Bonchev–Trinajstić information content (AvgIpc) is 2.88. The van der Waals surface area contributed by atoms with Gasteiger partial charge in [0, 0.05) is 31.7 Å². The second-order valence-electron chi connectivity index (χ2n) is 8.62. The zero-order valence-corrected chi connectivity index (χ0v) is 20.8. The van der Waals surface area contributed by atoms with Crippen LogP contribution in [-0.4, -0.2) is 49.5 Å². The molecule has 0 aliphatic carbocycles. The third kappa shape index (κ3) is 6.14. The van der Waals surface area contributed by atoms with E-state index in [4.69, 9.17) is 16.3 Å². The molecule has 1 fully saturated rings. The minimum atomic E-state index is -0.263. The number of carbonyl (C=O) groups excluding carboxylic acids is 2. The zero-order valence-electron chi connectivity index (χ0n) is 20.1. The van der Waals surface area contributed by atoms with Crippen molar-refractivity contribution in [3.8, 4) is 5.75 Å². The Hall–Kier alpha value is -3.51. The topological polar surface area (TPSA) is 61.9 Å². The van der Waals surface area contributed by atoms with Gasteiger partial charge in [-0.15, -0.1) is 0 Å². The number of nitrogens with one attached hydrogen (secondary N) is 1. The molecular formula is C28H30ClN3O3. The highest BCUT2D eigenvalue weighted by Gasteiger charge is 2.25. The molecule has 35 heavy (non-hydrogen) atoms. The lowest BCUT2D eigenvalue weighted by molar-refractivity contribution is -0.118. The molecule has 3 aromatic carbocycles. The van der Waals surface area contributed by atoms with E-state index in [-0.39, 0.29) is 18.4 Å². The van der Waals surface area contributed by atoms with Crippen molar-refractivity contribution in [3.63, 3.8) is 0 Å². The molecule has 1 aliphatic heterocycles. The summed E-state index contributed by atoms with van der Waals surface area (Å²) in [5.74, 6) is 0.417. The summed E-state index contributed by atoms with van der Waals surface area (Å²) in [5.41, 5.74) is 4.42. The Bertz CT molecular complexity index is 1170. The summed E-state index contributed by atoms with van der Waals surface area (Å²) in [6, 6.07) is 20.8. The van der Waals surface area contributed by atoms with Crippen molar-refractivity contribution in [2.45, 2.75) is 20.3 Å². The zero-order chi connectivity index (χ0) is 24.8. The molecule has 1 aliphatic rings. The molecule has 0 spiro atoms. The smallest absolute Gasteiger partial charge is 0.262 e. The SMILES string of the molecule is CCc1ccc(OCC(=O)Nc2cccc(Cl)c2N2CCN(C(=O)c3ccc(C)cc3)CC2)cc1. The fourth-order valence-electron chi connectivity index (χ4n) is 4.11. The van der Waals surface area contributed by atoms with Crippen molar-refractivity contribution >= 4 is 34.8 Å². The molecule has 0 atom stereocenters. The molecule has 0 bridgehead atoms. The number of nitrogens with zero attached hydrogens (tertiary/aromatic N) is 2. The van der Waals surface area contributed by atoms with Gasteiger partial charge in [0.25, 0.3) is 11.8 Å². The second kappa shape index (κ2) is 11.3. The molecule has 7 heteroatoms. The van der Waals surface area contributed by atoms with E-state index in [0.29, 0.717) is 48.2 Å². The fourth-order valence-corrected chi connectivity index (χ4v) is 4.40. The second-order valence-corrected chi connectivity index (χ2v) is 9.02. The number of amides is 2. The lowest BCUT2D eigenvalue weighted by Crippen LogP contribution is -2.49. The van der Waals surface area contributed by atoms with Crippen molar-refractivity contribution in [2.24, 2.45) is 0 Å². The molecule has 0 radical (unpaired) electrons. The van der Waals surface area contributed by atoms with Crippen molar-refractivity contribution in [3.05, 3.63) is 88.4 Å². The predicted octanol–water partition coefficient (Wildman–Crippen LogP) is 5.19. The third-order valence-corrected chi connectivity index (χ3v) is 6.45. The van der Waals surface area contributed by atoms with Gasteiger partial charge >= 0.3 is 0 Å². The number of ether oxygens (including phenoxy) is 1. The van der Waals surface area contributed by atoms with Gasteiger partial charge in [-0.05, 0) is 55.3 Å². The van der Waals surface area contributed by atoms with Crippen molar-refractivity contribution in [2.75, 3.05) is 43.0 Å². The number of piperazine rings is 1. The molecule has 182 valence electrons. The predicted molar refractivity (Wildman–Crippen MR) is 141 cm³/mol. The van der Waals surface area contributed by atoms with Gasteiger partial charge in [-0.1, -0.05) is 54.4 Å². The third-order valence-electron chi connectivity index (χ3n) is 6.14. The Morgan fingerprint density at radius 2 is 1.63 bits per heavy atom. The Morgan fingerprint density at radius 1 is 0.943 bits per heavy atom. The van der Waals surface area contributed by atoms with Crippen LogP contribution >= 0.6 is 11.6 Å². The van der Waals surface area contributed by atoms with E-state index in [2.05, 4.69) is 17.1 Å². The standard InChI is InChI=1S/C28H30ClN3O3/c1-3-21-9-13-23(14-10-21)35-19-26(33)30-25-6-4-5-24(29)27(25)31-15-17-32(18-16-31)28(34)22-11-7-20(2)8-12-22/h4-14H,3,15-19H2,1-2H3,(H,30,33). The van der Waals surface area contributed by atoms with E-state index in [9.17, 15) is 9.59 Å². The molecule has 1 saturated heterocycles. The Kier molecular flexibility index (Phi) is 7.93. The quantitative estimate of drug-likeness (QED) is 0.494. The van der Waals surface area contributed by atoms with Crippen LogP contribution in [0.1, 0.15) is 28.4 Å². The maximum absolute atomic E-state index is 12.9. The summed E-state index contributed by atoms with van der Waals surface area (Å²) in [5, 5.41) is 3.49. The Labute approximate surface area is 211 Å². The van der Waals surface area contributed by atoms with Crippen LogP contribution in [-0.2, 0) is 11.2 Å². The van der Waals surface area contributed by atoms with Crippen LogP contribution in [0.2, 0.25) is 5.02 Å². The van der Waals surface area contributed by atoms with Gasteiger partial charge in [0.1, 0.15) is 5.75 Å². The number of aryl methyl sites for hydroxylation is 2. The first-order valence-corrected chi connectivity index (χ1v) is 12.2. The number of rotatable bonds is 7. The average molecular weight is 492 g/mol. The van der Waals surface area contributed by atoms with E-state index in [1.54, 1.807) is 0 Å². The molecule has 0 aromatic heterocycles. The first kappa shape index (κ1) is 24.6. The first-order valence-electron chi connectivity index (χ1n) is 11.9. The van der Waals surface area contributed by atoms with E-state index in [1.165, 1.54) is 5.56 Å². The summed E-state index contributed by atoms with van der Waals surface area (Å²) in [6.07, 6.45) is 0.951. The number of benzene rings is 3. The maximum atomic E-state index is 12.9. The van der Waals surface area contributed by atoms with E-state index < -0.39 is 0 Å². The molecule has 4 rings (SSSR count). The van der Waals surface area contributed by atoms with Gasteiger partial charge in [0.05, 0.1) is 16.4 Å². The van der Waals surface area contributed by atoms with Crippen molar-refractivity contribution in [1.29, 1.82) is 0 Å². The lowest BCUT2D eigenvalue weighted by atomic mass is 10.1. The largest absolute Gasteiger partial charge is 0.484 e. The fraction of sp³-hybridized carbons (Fsp3) is 0.286. The number of carbonyl (C=O) groups is 2. The number of halogens is 1. The van der Waals surface area contributed by atoms with Gasteiger partial charge in [0.15, 0.2) is 6.61 Å². The highest BCUT2D eigenvalue weighted by Crippen LogP contribution is 2.34. The van der Waals surface area contributed by atoms with Crippen LogP contribution in [0.15, 0.2) is 66.7 Å². The number of anilines is 2. The van der Waals surface area contributed by atoms with Crippen LogP contribution in [0.5, 0.6) is 5.75 Å². The van der Waals surface area contributed by atoms with Gasteiger partial charge in [-0.3, -0.25) is 9.59 Å². The molecule has 1 N–H and O–H groups in total. The van der Waals surface area contributed by atoms with Gasteiger partial charge in [0.2, 0.25) is 0 Å². The van der Waals surface area contributed by atoms with Crippen LogP contribution < -0.4 is 15.0 Å². The lowest BCUT2D eigenvalue weighted by Gasteiger charge is -2.37. The summed E-state index contributed by atoms with van der Waals surface area (Å²) >= 11 is 6.55. The first-order chi connectivity index (χ1) is 16.9. The van der Waals surface area contributed by atoms with Crippen molar-refractivity contribution < 1.29 is 14.3 Å². The normalized spacial score (nSPS) is 13.5. The summed E-state index contributed by atoms with van der Waals surface area (Å²) in [6.45, 7) is 6.37. The van der Waals surface area contributed by atoms with E-state index in [0.717, 1.165) is 17.7 Å². The molecule has 2 amide bonds. The highest BCUT2D eigenvalue weighted by atomic mass is 35.5. The molecule has 1 heterocycles. The van der Waals surface area contributed by atoms with Crippen LogP contribution in [0, 0.1) is 6.92 Å². The number of hydrogen-bond acceptors (Lipinski definition) is 4. The number of para-hydroxylation sites is 1. The monoisotopic (exact) mass is 491 g/mol. The van der Waals surface area contributed by atoms with Crippen LogP contribution in [0.4, 0.5) is 11.4 Å². The van der Waals surface area contributed by atoms with Crippen LogP contribution in [0.25, 0.3) is 0 Å². The van der Waals surface area contributed by atoms with Crippen molar-refractivity contribution in [1.82, 2.24) is 4.90 Å². The highest BCUT2D eigenvalue weighted by molar-refractivity contribution is 6.34. The molecular weight excluding hydrogens is 462 g/mol. The maximum Gasteiger partial charge on any atom is 0.262 e. The van der Waals surface area contributed by atoms with Gasteiger partial charge in [-0.25, -0.2) is 0 Å². The molecule has 0 saturated carbocycles. The summed E-state index contributed by atoms with van der Waals surface area (Å²) < 4.78 is 5.64. The summed E-state index contributed by atoms with van der Waals surface area (Å²) in [4.78, 5) is 29.5. The molecule has 0 unspecified atom stereocenters. The molecule has 6 nitrogen and oxygen atoms in total. The van der Waals surface area contributed by atoms with Crippen LogP contribution in [0.3, 0.4) is 0 Å². The Morgan fingerprint density at radius 3 is 2.29 bits per heavy atom.